The van der Waals surface area contributed by atoms with E-state index in [1.54, 1.807) is 6.20 Å². The fraction of sp³-hybridized carbons (Fsp3) is 0.294. The predicted molar refractivity (Wildman–Crippen MR) is 92.2 cm³/mol. The third-order valence-corrected chi connectivity index (χ3v) is 3.55. The van der Waals surface area contributed by atoms with Crippen molar-refractivity contribution < 1.29 is 14.1 Å². The number of rotatable bonds is 7. The first-order chi connectivity index (χ1) is 11.9. The van der Waals surface area contributed by atoms with Crippen molar-refractivity contribution in [3.8, 4) is 0 Å². The van der Waals surface area contributed by atoms with Gasteiger partial charge in [0.1, 0.15) is 17.2 Å². The Morgan fingerprint density at radius 3 is 2.68 bits per heavy atom. The number of carbonyl (C=O) groups is 1. The average molecular weight is 346 g/mol. The Hall–Kier alpha value is -3.03. The van der Waals surface area contributed by atoms with Gasteiger partial charge in [0.2, 0.25) is 0 Å². The molecule has 1 heterocycles. The summed E-state index contributed by atoms with van der Waals surface area (Å²) in [7, 11) is 0. The maximum atomic E-state index is 13.5. The molecule has 2 aromatic rings. The van der Waals surface area contributed by atoms with Crippen LogP contribution >= 0.6 is 0 Å². The minimum atomic E-state index is -0.680. The van der Waals surface area contributed by atoms with E-state index in [0.717, 1.165) is 23.5 Å². The van der Waals surface area contributed by atoms with Crippen molar-refractivity contribution in [3.05, 3.63) is 63.1 Å². The predicted octanol–water partition coefficient (Wildman–Crippen LogP) is 2.98. The molecule has 7 nitrogen and oxygen atoms in total. The van der Waals surface area contributed by atoms with Gasteiger partial charge in [0.15, 0.2) is 0 Å². The third-order valence-electron chi connectivity index (χ3n) is 3.55. The summed E-state index contributed by atoms with van der Waals surface area (Å²) in [4.78, 5) is 26.8. The highest BCUT2D eigenvalue weighted by molar-refractivity contribution is 5.98. The maximum absolute atomic E-state index is 13.5. The molecule has 0 radical (unpaired) electrons. The van der Waals surface area contributed by atoms with Crippen molar-refractivity contribution >= 4 is 17.4 Å². The Balaban J connectivity index is 1.88. The molecule has 2 rings (SSSR count). The van der Waals surface area contributed by atoms with Gasteiger partial charge in [0.25, 0.3) is 11.6 Å². The van der Waals surface area contributed by atoms with Crippen LogP contribution in [0.15, 0.2) is 30.5 Å². The molecule has 0 saturated heterocycles. The number of halogens is 1. The molecule has 132 valence electrons. The number of anilines is 1. The first-order valence-electron chi connectivity index (χ1n) is 7.77. The molecule has 2 N–H and O–H groups in total. The maximum Gasteiger partial charge on any atom is 0.285 e. The van der Waals surface area contributed by atoms with E-state index in [1.807, 2.05) is 19.1 Å². The lowest BCUT2D eigenvalue weighted by Gasteiger charge is -2.09. The molecule has 0 aliphatic carbocycles. The number of hydrogen-bond donors (Lipinski definition) is 2. The Morgan fingerprint density at radius 1 is 1.28 bits per heavy atom. The molecule has 0 fully saturated rings. The van der Waals surface area contributed by atoms with Crippen LogP contribution in [0.2, 0.25) is 0 Å². The SMILES string of the molecule is Cc1ccc(NCCCNC(=O)c2cc(F)cc(C)c2[N+](=O)[O-])nc1. The minimum absolute atomic E-state index is 0.113. The number of nitrogens with one attached hydrogen (secondary N) is 2. The molecule has 0 aliphatic heterocycles. The number of nitro benzene ring substituents is 1. The topological polar surface area (TPSA) is 97.2 Å². The quantitative estimate of drug-likeness (QED) is 0.456. The molecule has 1 aromatic carbocycles. The fourth-order valence-corrected chi connectivity index (χ4v) is 2.33. The van der Waals surface area contributed by atoms with Crippen LogP contribution in [-0.2, 0) is 0 Å². The second-order valence-corrected chi connectivity index (χ2v) is 5.63. The number of hydrogen-bond acceptors (Lipinski definition) is 5. The monoisotopic (exact) mass is 346 g/mol. The molecule has 0 unspecified atom stereocenters. The van der Waals surface area contributed by atoms with Crippen LogP contribution in [0.3, 0.4) is 0 Å². The number of amides is 1. The van der Waals surface area contributed by atoms with Crippen LogP contribution in [0.25, 0.3) is 0 Å². The van der Waals surface area contributed by atoms with Crippen molar-refractivity contribution in [3.63, 3.8) is 0 Å². The highest BCUT2D eigenvalue weighted by Crippen LogP contribution is 2.24. The minimum Gasteiger partial charge on any atom is -0.370 e. The zero-order valence-corrected chi connectivity index (χ0v) is 14.0. The number of benzene rings is 1. The van der Waals surface area contributed by atoms with Gasteiger partial charge in [-0.05, 0) is 44.0 Å². The summed E-state index contributed by atoms with van der Waals surface area (Å²) < 4.78 is 13.5. The van der Waals surface area contributed by atoms with Gasteiger partial charge >= 0.3 is 0 Å². The van der Waals surface area contributed by atoms with Gasteiger partial charge < -0.3 is 10.6 Å². The van der Waals surface area contributed by atoms with E-state index in [4.69, 9.17) is 0 Å². The molecule has 8 heteroatoms. The molecule has 0 saturated carbocycles. The molecule has 0 aliphatic rings. The van der Waals surface area contributed by atoms with Gasteiger partial charge in [-0.25, -0.2) is 9.37 Å². The van der Waals surface area contributed by atoms with Crippen molar-refractivity contribution in [2.24, 2.45) is 0 Å². The largest absolute Gasteiger partial charge is 0.370 e. The van der Waals surface area contributed by atoms with Gasteiger partial charge in [-0.2, -0.15) is 0 Å². The highest BCUT2D eigenvalue weighted by atomic mass is 19.1. The van der Waals surface area contributed by atoms with Crippen LogP contribution in [0, 0.1) is 29.8 Å². The van der Waals surface area contributed by atoms with Crippen molar-refractivity contribution in [1.29, 1.82) is 0 Å². The van der Waals surface area contributed by atoms with E-state index in [1.165, 1.54) is 6.92 Å². The van der Waals surface area contributed by atoms with E-state index >= 15 is 0 Å². The summed E-state index contributed by atoms with van der Waals surface area (Å²) in [6.45, 7) is 4.21. The van der Waals surface area contributed by atoms with Gasteiger partial charge in [-0.15, -0.1) is 0 Å². The summed E-state index contributed by atoms with van der Waals surface area (Å²) in [6.07, 6.45) is 2.33. The van der Waals surface area contributed by atoms with Crippen LogP contribution in [0.4, 0.5) is 15.9 Å². The second kappa shape index (κ2) is 8.18. The van der Waals surface area contributed by atoms with Crippen LogP contribution < -0.4 is 10.6 Å². The van der Waals surface area contributed by atoms with E-state index < -0.39 is 16.6 Å². The zero-order valence-electron chi connectivity index (χ0n) is 14.0. The Kier molecular flexibility index (Phi) is 5.99. The fourth-order valence-electron chi connectivity index (χ4n) is 2.33. The Bertz CT molecular complexity index is 778. The number of pyridine rings is 1. The summed E-state index contributed by atoms with van der Waals surface area (Å²) >= 11 is 0. The van der Waals surface area contributed by atoms with Gasteiger partial charge in [0.05, 0.1) is 4.92 Å². The standard InChI is InChI=1S/C17H19FN4O3/c1-11-4-5-15(21-10-11)19-6-3-7-20-17(23)14-9-13(18)8-12(2)16(14)22(24)25/h4-5,8-10H,3,6-7H2,1-2H3,(H,19,21)(H,20,23). The van der Waals surface area contributed by atoms with Crippen molar-refractivity contribution in [2.75, 3.05) is 18.4 Å². The Labute approximate surface area is 144 Å². The summed E-state index contributed by atoms with van der Waals surface area (Å²) in [6, 6.07) is 5.71. The first-order valence-corrected chi connectivity index (χ1v) is 7.77. The van der Waals surface area contributed by atoms with Crippen LogP contribution in [-0.4, -0.2) is 28.9 Å². The zero-order chi connectivity index (χ0) is 18.4. The lowest BCUT2D eigenvalue weighted by Crippen LogP contribution is -2.27. The second-order valence-electron chi connectivity index (χ2n) is 5.63. The molecular weight excluding hydrogens is 327 g/mol. The number of nitrogens with zero attached hydrogens (tertiary/aromatic N) is 2. The molecule has 25 heavy (non-hydrogen) atoms. The van der Waals surface area contributed by atoms with Gasteiger partial charge in [-0.1, -0.05) is 6.07 Å². The summed E-state index contributed by atoms with van der Waals surface area (Å²) in [5.41, 5.74) is 0.531. The van der Waals surface area contributed by atoms with Crippen LogP contribution in [0.1, 0.15) is 27.9 Å². The van der Waals surface area contributed by atoms with E-state index in [2.05, 4.69) is 15.6 Å². The highest BCUT2D eigenvalue weighted by Gasteiger charge is 2.23. The molecule has 0 atom stereocenters. The summed E-state index contributed by atoms with van der Waals surface area (Å²) in [5.74, 6) is -0.614. The third kappa shape index (κ3) is 4.97. The van der Waals surface area contributed by atoms with Crippen molar-refractivity contribution in [1.82, 2.24) is 10.3 Å². The molecule has 0 bridgehead atoms. The van der Waals surface area contributed by atoms with Crippen LogP contribution in [0.5, 0.6) is 0 Å². The van der Waals surface area contributed by atoms with Gasteiger partial charge in [0, 0.05) is 24.8 Å². The number of aryl methyl sites for hydroxylation is 2. The van der Waals surface area contributed by atoms with E-state index in [-0.39, 0.29) is 16.8 Å². The molecule has 1 amide bonds. The van der Waals surface area contributed by atoms with E-state index in [0.29, 0.717) is 19.5 Å². The van der Waals surface area contributed by atoms with E-state index in [9.17, 15) is 19.3 Å². The van der Waals surface area contributed by atoms with Gasteiger partial charge in [-0.3, -0.25) is 14.9 Å². The van der Waals surface area contributed by atoms with Crippen molar-refractivity contribution in [2.45, 2.75) is 20.3 Å². The number of aromatic nitrogens is 1. The number of carbonyl (C=O) groups excluding carboxylic acids is 1. The molecular formula is C17H19FN4O3. The lowest BCUT2D eigenvalue weighted by atomic mass is 10.1. The average Bonchev–Trinajstić information content (AvgIpc) is 2.54. The smallest absolute Gasteiger partial charge is 0.285 e. The molecule has 1 aromatic heterocycles. The summed E-state index contributed by atoms with van der Waals surface area (Å²) in [5, 5.41) is 16.8. The first kappa shape index (κ1) is 18.3. The lowest BCUT2D eigenvalue weighted by molar-refractivity contribution is -0.385. The Morgan fingerprint density at radius 2 is 2.04 bits per heavy atom. The number of nitro groups is 1. The molecule has 0 spiro atoms. The normalized spacial score (nSPS) is 10.4.